The Morgan fingerprint density at radius 1 is 0.828 bits per heavy atom. The van der Waals surface area contributed by atoms with E-state index in [9.17, 15) is 5.11 Å². The van der Waals surface area contributed by atoms with E-state index in [4.69, 9.17) is 32.7 Å². The third-order valence-electron chi connectivity index (χ3n) is 5.18. The van der Waals surface area contributed by atoms with Crippen LogP contribution in [-0.2, 0) is 11.3 Å². The van der Waals surface area contributed by atoms with E-state index in [0.29, 0.717) is 24.8 Å². The van der Waals surface area contributed by atoms with Gasteiger partial charge in [-0.25, -0.2) is 0 Å². The second-order valence-electron chi connectivity index (χ2n) is 7.54. The number of aliphatic hydroxyl groups is 1. The SMILES string of the molecule is O[C@H](COCCOc1ccc(Cl)cc1)C[NH+]1CC[NH+](Cc2ccc(Cl)cc2)CC1. The molecule has 1 atom stereocenters. The molecular formula is C22H30Cl2N2O3+2. The van der Waals surface area contributed by atoms with E-state index in [0.717, 1.165) is 50.0 Å². The minimum Gasteiger partial charge on any atom is -0.491 e. The maximum atomic E-state index is 10.3. The summed E-state index contributed by atoms with van der Waals surface area (Å²) in [5.41, 5.74) is 1.32. The zero-order chi connectivity index (χ0) is 20.5. The number of quaternary nitrogens is 2. The highest BCUT2D eigenvalue weighted by atomic mass is 35.5. The summed E-state index contributed by atoms with van der Waals surface area (Å²) in [6, 6.07) is 15.4. The second-order valence-corrected chi connectivity index (χ2v) is 8.41. The predicted molar refractivity (Wildman–Crippen MR) is 115 cm³/mol. The fraction of sp³-hybridized carbons (Fsp3) is 0.455. The number of hydrogen-bond acceptors (Lipinski definition) is 3. The number of ether oxygens (including phenoxy) is 2. The van der Waals surface area contributed by atoms with Crippen LogP contribution in [0.4, 0.5) is 0 Å². The zero-order valence-electron chi connectivity index (χ0n) is 16.6. The van der Waals surface area contributed by atoms with Gasteiger partial charge in [-0.3, -0.25) is 0 Å². The van der Waals surface area contributed by atoms with Gasteiger partial charge in [0.25, 0.3) is 0 Å². The van der Waals surface area contributed by atoms with Gasteiger partial charge in [0.2, 0.25) is 0 Å². The number of benzene rings is 2. The molecule has 1 aliphatic rings. The van der Waals surface area contributed by atoms with E-state index in [2.05, 4.69) is 12.1 Å². The van der Waals surface area contributed by atoms with Crippen molar-refractivity contribution in [3.05, 3.63) is 64.1 Å². The monoisotopic (exact) mass is 440 g/mol. The van der Waals surface area contributed by atoms with Gasteiger partial charge in [0.05, 0.1) is 13.2 Å². The van der Waals surface area contributed by atoms with Crippen molar-refractivity contribution in [3.8, 4) is 5.75 Å². The van der Waals surface area contributed by atoms with Crippen molar-refractivity contribution in [2.45, 2.75) is 12.6 Å². The van der Waals surface area contributed by atoms with Gasteiger partial charge < -0.3 is 24.4 Å². The molecule has 0 unspecified atom stereocenters. The van der Waals surface area contributed by atoms with E-state index >= 15 is 0 Å². The molecule has 1 heterocycles. The number of piperazine rings is 1. The van der Waals surface area contributed by atoms with Gasteiger partial charge in [-0.05, 0) is 36.4 Å². The molecule has 0 radical (unpaired) electrons. The van der Waals surface area contributed by atoms with Crippen LogP contribution < -0.4 is 14.5 Å². The lowest BCUT2D eigenvalue weighted by molar-refractivity contribution is -1.02. The van der Waals surface area contributed by atoms with Gasteiger partial charge in [0, 0.05) is 15.6 Å². The van der Waals surface area contributed by atoms with E-state index in [1.54, 1.807) is 17.0 Å². The fourth-order valence-corrected chi connectivity index (χ4v) is 3.84. The number of hydrogen-bond donors (Lipinski definition) is 3. The maximum absolute atomic E-state index is 10.3. The van der Waals surface area contributed by atoms with Crippen molar-refractivity contribution in [1.82, 2.24) is 0 Å². The Hall–Kier alpha value is -1.34. The highest BCUT2D eigenvalue weighted by molar-refractivity contribution is 6.30. The summed E-state index contributed by atoms with van der Waals surface area (Å²) in [5, 5.41) is 11.7. The predicted octanol–water partition coefficient (Wildman–Crippen LogP) is 0.733. The number of rotatable bonds is 10. The van der Waals surface area contributed by atoms with Gasteiger partial charge >= 0.3 is 0 Å². The first-order valence-corrected chi connectivity index (χ1v) is 10.9. The van der Waals surface area contributed by atoms with Crippen LogP contribution in [0.3, 0.4) is 0 Å². The maximum Gasteiger partial charge on any atom is 0.127 e. The van der Waals surface area contributed by atoms with Gasteiger partial charge in [0.15, 0.2) is 0 Å². The van der Waals surface area contributed by atoms with Crippen molar-refractivity contribution < 1.29 is 24.4 Å². The number of halogens is 2. The summed E-state index contributed by atoms with van der Waals surface area (Å²) >= 11 is 11.8. The summed E-state index contributed by atoms with van der Waals surface area (Å²) in [6.07, 6.45) is -0.446. The van der Waals surface area contributed by atoms with Crippen molar-refractivity contribution in [2.24, 2.45) is 0 Å². The average Bonchev–Trinajstić information content (AvgIpc) is 2.72. The Kier molecular flexibility index (Phi) is 9.05. The molecule has 1 saturated heterocycles. The molecule has 5 nitrogen and oxygen atoms in total. The smallest absolute Gasteiger partial charge is 0.127 e. The van der Waals surface area contributed by atoms with Crippen molar-refractivity contribution >= 4 is 23.2 Å². The Bertz CT molecular complexity index is 720. The second kappa shape index (κ2) is 11.7. The lowest BCUT2D eigenvalue weighted by Crippen LogP contribution is -3.28. The fourth-order valence-electron chi connectivity index (χ4n) is 3.59. The molecule has 0 aliphatic carbocycles. The van der Waals surface area contributed by atoms with Crippen LogP contribution in [0.25, 0.3) is 0 Å². The van der Waals surface area contributed by atoms with Crippen LogP contribution in [0.5, 0.6) is 5.75 Å². The van der Waals surface area contributed by atoms with E-state index in [1.807, 2.05) is 24.3 Å². The van der Waals surface area contributed by atoms with Gasteiger partial charge in [-0.2, -0.15) is 0 Å². The largest absolute Gasteiger partial charge is 0.491 e. The lowest BCUT2D eigenvalue weighted by atomic mass is 10.2. The average molecular weight is 441 g/mol. The first-order valence-electron chi connectivity index (χ1n) is 10.1. The van der Waals surface area contributed by atoms with Gasteiger partial charge in [-0.15, -0.1) is 0 Å². The molecule has 1 aliphatic heterocycles. The van der Waals surface area contributed by atoms with Crippen LogP contribution in [0.15, 0.2) is 48.5 Å². The van der Waals surface area contributed by atoms with Crippen LogP contribution >= 0.6 is 23.2 Å². The van der Waals surface area contributed by atoms with Crippen LogP contribution in [-0.4, -0.2) is 63.8 Å². The molecule has 3 rings (SSSR count). The highest BCUT2D eigenvalue weighted by Gasteiger charge is 2.25. The third-order valence-corrected chi connectivity index (χ3v) is 5.68. The third kappa shape index (κ3) is 8.13. The lowest BCUT2D eigenvalue weighted by Gasteiger charge is -2.30. The summed E-state index contributed by atoms with van der Waals surface area (Å²) in [6.45, 7) is 7.37. The van der Waals surface area contributed by atoms with Crippen LogP contribution in [0, 0.1) is 0 Å². The minimum absolute atomic E-state index is 0.342. The summed E-state index contributed by atoms with van der Waals surface area (Å²) in [4.78, 5) is 3.03. The zero-order valence-corrected chi connectivity index (χ0v) is 18.1. The summed E-state index contributed by atoms with van der Waals surface area (Å²) < 4.78 is 11.1. The van der Waals surface area contributed by atoms with Crippen molar-refractivity contribution in [1.29, 1.82) is 0 Å². The summed E-state index contributed by atoms with van der Waals surface area (Å²) in [5.74, 6) is 0.766. The van der Waals surface area contributed by atoms with Crippen molar-refractivity contribution in [3.63, 3.8) is 0 Å². The highest BCUT2D eigenvalue weighted by Crippen LogP contribution is 2.15. The number of aliphatic hydroxyl groups excluding tert-OH is 1. The Morgan fingerprint density at radius 3 is 2.07 bits per heavy atom. The van der Waals surface area contributed by atoms with Crippen LogP contribution in [0.1, 0.15) is 5.56 Å². The Morgan fingerprint density at radius 2 is 1.41 bits per heavy atom. The molecule has 0 aromatic heterocycles. The molecule has 158 valence electrons. The molecule has 0 saturated carbocycles. The Balaban J connectivity index is 1.25. The minimum atomic E-state index is -0.446. The molecule has 3 N–H and O–H groups in total. The molecule has 2 aromatic rings. The molecule has 0 spiro atoms. The molecular weight excluding hydrogens is 411 g/mol. The summed E-state index contributed by atoms with van der Waals surface area (Å²) in [7, 11) is 0. The Labute approximate surface area is 182 Å². The molecule has 7 heteroatoms. The van der Waals surface area contributed by atoms with Crippen LogP contribution in [0.2, 0.25) is 10.0 Å². The molecule has 0 amide bonds. The molecule has 2 aromatic carbocycles. The first-order chi connectivity index (χ1) is 14.1. The van der Waals surface area contributed by atoms with E-state index in [1.165, 1.54) is 10.5 Å². The normalized spacial score (nSPS) is 20.4. The van der Waals surface area contributed by atoms with E-state index in [-0.39, 0.29) is 0 Å². The number of nitrogens with one attached hydrogen (secondary N) is 2. The quantitative estimate of drug-likeness (QED) is 0.477. The standard InChI is InChI=1S/C22H28Cl2N2O3/c23-19-3-1-18(2-4-19)15-25-9-11-26(12-10-25)16-21(27)17-28-13-14-29-22-7-5-20(24)6-8-22/h1-8,21,27H,9-17H2/p+2/t21-/m0/s1. The first kappa shape index (κ1) is 22.3. The van der Waals surface area contributed by atoms with Crippen molar-refractivity contribution in [2.75, 3.05) is 52.5 Å². The van der Waals surface area contributed by atoms with E-state index < -0.39 is 6.10 Å². The molecule has 29 heavy (non-hydrogen) atoms. The molecule has 0 bridgehead atoms. The topological polar surface area (TPSA) is 47.6 Å². The van der Waals surface area contributed by atoms with Gasteiger partial charge in [0.1, 0.15) is 57.7 Å². The molecule has 1 fully saturated rings. The van der Waals surface area contributed by atoms with Gasteiger partial charge in [-0.1, -0.05) is 35.3 Å².